The van der Waals surface area contributed by atoms with Gasteiger partial charge >= 0.3 is 0 Å². The average molecular weight is 418 g/mol. The molecule has 160 valence electrons. The smallest absolute Gasteiger partial charge is 0.241 e. The molecule has 1 fully saturated rings. The summed E-state index contributed by atoms with van der Waals surface area (Å²) in [6.45, 7) is 5.11. The van der Waals surface area contributed by atoms with Crippen LogP contribution in [0.2, 0.25) is 0 Å². The largest absolute Gasteiger partial charge is 0.325 e. The lowest BCUT2D eigenvalue weighted by Gasteiger charge is -2.34. The molecule has 2 aromatic carbocycles. The molecule has 7 nitrogen and oxygen atoms in total. The van der Waals surface area contributed by atoms with Crippen molar-refractivity contribution in [2.45, 2.75) is 38.6 Å². The minimum Gasteiger partial charge on any atom is -0.325 e. The second-order valence-electron chi connectivity index (χ2n) is 8.02. The minimum atomic E-state index is -0.233. The van der Waals surface area contributed by atoms with E-state index in [2.05, 4.69) is 20.4 Å². The van der Waals surface area contributed by atoms with E-state index in [4.69, 9.17) is 4.98 Å². The van der Waals surface area contributed by atoms with Crippen LogP contribution in [0.15, 0.2) is 54.6 Å². The normalized spacial score (nSPS) is 16.1. The highest BCUT2D eigenvalue weighted by atomic mass is 16.2. The highest BCUT2D eigenvalue weighted by Gasteiger charge is 2.29. The van der Waals surface area contributed by atoms with Gasteiger partial charge in [-0.05, 0) is 64.0 Å². The third-order valence-corrected chi connectivity index (χ3v) is 5.94. The highest BCUT2D eigenvalue weighted by molar-refractivity contribution is 5.97. The lowest BCUT2D eigenvalue weighted by molar-refractivity contribution is -0.121. The molecule has 1 atom stereocenters. The van der Waals surface area contributed by atoms with E-state index in [1.165, 1.54) is 6.92 Å². The van der Waals surface area contributed by atoms with Gasteiger partial charge in [-0.1, -0.05) is 30.3 Å². The molecular weight excluding hydrogens is 390 g/mol. The molecule has 0 unspecified atom stereocenters. The Hall–Kier alpha value is -3.32. The van der Waals surface area contributed by atoms with Gasteiger partial charge in [0.25, 0.3) is 0 Å². The number of nitrogens with one attached hydrogen (secondary N) is 2. The number of aromatic nitrogens is 3. The van der Waals surface area contributed by atoms with Crippen molar-refractivity contribution in [3.63, 3.8) is 0 Å². The zero-order chi connectivity index (χ0) is 21.8. The molecule has 4 rings (SSSR count). The summed E-state index contributed by atoms with van der Waals surface area (Å²) >= 11 is 0. The zero-order valence-electron chi connectivity index (χ0n) is 17.8. The van der Waals surface area contributed by atoms with Crippen LogP contribution in [0.4, 0.5) is 5.69 Å². The second-order valence-corrected chi connectivity index (χ2v) is 8.02. The first-order valence-electron chi connectivity index (χ1n) is 10.6. The summed E-state index contributed by atoms with van der Waals surface area (Å²) in [6, 6.07) is 16.7. The van der Waals surface area contributed by atoms with E-state index >= 15 is 0 Å². The first-order valence-corrected chi connectivity index (χ1v) is 10.6. The number of nitrogens with zero attached hydrogens (tertiary/aromatic N) is 3. The van der Waals surface area contributed by atoms with Crippen molar-refractivity contribution in [3.8, 4) is 11.4 Å². The first-order chi connectivity index (χ1) is 15.0. The van der Waals surface area contributed by atoms with Crippen LogP contribution in [0.25, 0.3) is 11.4 Å². The topological polar surface area (TPSA) is 91.0 Å². The third-order valence-electron chi connectivity index (χ3n) is 5.94. The van der Waals surface area contributed by atoms with Gasteiger partial charge in [-0.25, -0.2) is 4.98 Å². The van der Waals surface area contributed by atoms with Crippen molar-refractivity contribution >= 4 is 17.4 Å². The molecule has 0 radical (unpaired) electrons. The lowest BCUT2D eigenvalue weighted by Crippen LogP contribution is -2.45. The van der Waals surface area contributed by atoms with Crippen molar-refractivity contribution < 1.29 is 9.59 Å². The predicted octanol–water partition coefficient (Wildman–Crippen LogP) is 3.88. The van der Waals surface area contributed by atoms with Crippen LogP contribution < -0.4 is 5.32 Å². The molecule has 0 bridgehead atoms. The fourth-order valence-corrected chi connectivity index (χ4v) is 3.93. The monoisotopic (exact) mass is 417 g/mol. The fourth-order valence-electron chi connectivity index (χ4n) is 3.93. The molecule has 2 heterocycles. The summed E-state index contributed by atoms with van der Waals surface area (Å²) in [5.41, 5.74) is 2.34. The Morgan fingerprint density at radius 1 is 1.06 bits per heavy atom. The number of carbonyl (C=O) groups is 2. The number of piperidine rings is 1. The number of rotatable bonds is 6. The number of hydrogen-bond donors (Lipinski definition) is 2. The third kappa shape index (κ3) is 4.88. The number of benzene rings is 2. The van der Waals surface area contributed by atoms with Crippen LogP contribution in [0.1, 0.15) is 48.8 Å². The minimum absolute atomic E-state index is 0.0109. The first kappa shape index (κ1) is 20.9. The summed E-state index contributed by atoms with van der Waals surface area (Å²) in [7, 11) is 0. The average Bonchev–Trinajstić information content (AvgIpc) is 3.30. The van der Waals surface area contributed by atoms with Crippen LogP contribution >= 0.6 is 0 Å². The number of likely N-dealkylation sites (tertiary alicyclic amines) is 1. The number of hydrogen-bond acceptors (Lipinski definition) is 5. The SMILES string of the molecule is CC(=O)c1ccc(NC(=O)[C@@H](C)N2CCC(c3nc(-c4ccccc4)n[nH]3)CC2)cc1. The molecule has 0 aliphatic carbocycles. The number of aromatic amines is 1. The molecule has 1 aromatic heterocycles. The number of anilines is 1. The summed E-state index contributed by atoms with van der Waals surface area (Å²) < 4.78 is 0. The molecule has 3 aromatic rings. The molecule has 2 N–H and O–H groups in total. The summed E-state index contributed by atoms with van der Waals surface area (Å²) in [4.78, 5) is 31.0. The van der Waals surface area contributed by atoms with E-state index in [1.807, 2.05) is 37.3 Å². The molecule has 1 aliphatic heterocycles. The van der Waals surface area contributed by atoms with Crippen molar-refractivity contribution in [2.24, 2.45) is 0 Å². The Bertz CT molecular complexity index is 1040. The van der Waals surface area contributed by atoms with E-state index in [9.17, 15) is 9.59 Å². The van der Waals surface area contributed by atoms with Crippen LogP contribution in [0.3, 0.4) is 0 Å². The van der Waals surface area contributed by atoms with E-state index < -0.39 is 0 Å². The summed E-state index contributed by atoms with van der Waals surface area (Å²) in [5.74, 6) is 1.93. The van der Waals surface area contributed by atoms with Gasteiger partial charge in [0.05, 0.1) is 6.04 Å². The van der Waals surface area contributed by atoms with Crippen molar-refractivity contribution in [1.82, 2.24) is 20.1 Å². The van der Waals surface area contributed by atoms with Gasteiger partial charge in [0.2, 0.25) is 5.91 Å². The summed E-state index contributed by atoms with van der Waals surface area (Å²) in [5, 5.41) is 10.4. The van der Waals surface area contributed by atoms with Gasteiger partial charge in [0.1, 0.15) is 5.82 Å². The van der Waals surface area contributed by atoms with E-state index in [0.29, 0.717) is 17.2 Å². The van der Waals surface area contributed by atoms with E-state index in [-0.39, 0.29) is 17.7 Å². The van der Waals surface area contributed by atoms with Gasteiger partial charge in [0, 0.05) is 22.7 Å². The van der Waals surface area contributed by atoms with Crippen molar-refractivity contribution in [3.05, 3.63) is 66.0 Å². The molecule has 1 amide bonds. The van der Waals surface area contributed by atoms with E-state index in [1.54, 1.807) is 24.3 Å². The molecule has 1 aliphatic rings. The van der Waals surface area contributed by atoms with Crippen LogP contribution in [0, 0.1) is 0 Å². The molecule has 7 heteroatoms. The predicted molar refractivity (Wildman–Crippen MR) is 120 cm³/mol. The Kier molecular flexibility index (Phi) is 6.23. The molecule has 0 spiro atoms. The Morgan fingerprint density at radius 2 is 1.74 bits per heavy atom. The van der Waals surface area contributed by atoms with Crippen LogP contribution in [-0.4, -0.2) is 50.9 Å². The Balaban J connectivity index is 1.31. The van der Waals surface area contributed by atoms with Crippen LogP contribution in [0.5, 0.6) is 0 Å². The standard InChI is InChI=1S/C24H27N5O2/c1-16(24(31)25-21-10-8-18(9-11-21)17(2)30)29-14-12-20(13-15-29)23-26-22(27-28-23)19-6-4-3-5-7-19/h3-11,16,20H,12-15H2,1-2H3,(H,25,31)(H,26,27,28)/t16-/m1/s1. The molecule has 0 saturated carbocycles. The van der Waals surface area contributed by atoms with Gasteiger partial charge < -0.3 is 5.32 Å². The fraction of sp³-hybridized carbons (Fsp3) is 0.333. The van der Waals surface area contributed by atoms with Crippen molar-refractivity contribution in [1.29, 1.82) is 0 Å². The number of Topliss-reactive ketones (excluding diaryl/α,β-unsaturated/α-hetero) is 1. The number of ketones is 1. The highest BCUT2D eigenvalue weighted by Crippen LogP contribution is 2.28. The second kappa shape index (κ2) is 9.22. The molecule has 1 saturated heterocycles. The lowest BCUT2D eigenvalue weighted by atomic mass is 9.95. The van der Waals surface area contributed by atoms with Gasteiger partial charge in [-0.15, -0.1) is 0 Å². The Labute approximate surface area is 181 Å². The quantitative estimate of drug-likeness (QED) is 0.594. The van der Waals surface area contributed by atoms with Gasteiger partial charge in [-0.2, -0.15) is 5.10 Å². The van der Waals surface area contributed by atoms with Crippen LogP contribution in [-0.2, 0) is 4.79 Å². The maximum Gasteiger partial charge on any atom is 0.241 e. The Morgan fingerprint density at radius 3 is 2.39 bits per heavy atom. The summed E-state index contributed by atoms with van der Waals surface area (Å²) in [6.07, 6.45) is 1.85. The van der Waals surface area contributed by atoms with Crippen molar-refractivity contribution in [2.75, 3.05) is 18.4 Å². The zero-order valence-corrected chi connectivity index (χ0v) is 17.8. The van der Waals surface area contributed by atoms with E-state index in [0.717, 1.165) is 43.1 Å². The molecule has 31 heavy (non-hydrogen) atoms. The van der Waals surface area contributed by atoms with Gasteiger partial charge in [-0.3, -0.25) is 19.6 Å². The number of amides is 1. The maximum absolute atomic E-state index is 12.7. The van der Waals surface area contributed by atoms with Gasteiger partial charge in [0.15, 0.2) is 11.6 Å². The maximum atomic E-state index is 12.7. The number of H-pyrrole nitrogens is 1. The number of carbonyl (C=O) groups excluding carboxylic acids is 2. The molecular formula is C24H27N5O2.